The highest BCUT2D eigenvalue weighted by Gasteiger charge is 1.99. The van der Waals surface area contributed by atoms with E-state index >= 15 is 0 Å². The van der Waals surface area contributed by atoms with Gasteiger partial charge in [-0.15, -0.1) is 0 Å². The number of benzene rings is 1. The summed E-state index contributed by atoms with van der Waals surface area (Å²) in [5.41, 5.74) is 1.02. The van der Waals surface area contributed by atoms with Crippen LogP contribution in [0.1, 0.15) is 12.5 Å². The van der Waals surface area contributed by atoms with Gasteiger partial charge in [-0.3, -0.25) is 0 Å². The van der Waals surface area contributed by atoms with Crippen LogP contribution in [0.3, 0.4) is 0 Å². The standard InChI is InChI=1S/C10H12O2.CH2O/c1-3-4-8-5-6-9(11)10(7-8)12-2;1-2/h3-7,11H,1-2H3;1H2. The molecule has 0 saturated heterocycles. The topological polar surface area (TPSA) is 46.5 Å². The van der Waals surface area contributed by atoms with Gasteiger partial charge in [0.25, 0.3) is 0 Å². The second-order valence-electron chi connectivity index (χ2n) is 2.43. The van der Waals surface area contributed by atoms with Crippen molar-refractivity contribution in [2.24, 2.45) is 0 Å². The van der Waals surface area contributed by atoms with Crippen molar-refractivity contribution in [3.05, 3.63) is 29.8 Å². The van der Waals surface area contributed by atoms with Gasteiger partial charge in [0.2, 0.25) is 0 Å². The maximum atomic E-state index is 9.25. The predicted octanol–water partition coefficient (Wildman–Crippen LogP) is 2.25. The number of carbonyl (C=O) groups is 1. The van der Waals surface area contributed by atoms with Gasteiger partial charge in [0.05, 0.1) is 7.11 Å². The highest BCUT2D eigenvalue weighted by Crippen LogP contribution is 2.26. The number of methoxy groups -OCH3 is 1. The van der Waals surface area contributed by atoms with Crippen LogP contribution in [-0.2, 0) is 4.79 Å². The van der Waals surface area contributed by atoms with E-state index in [9.17, 15) is 5.11 Å². The molecule has 0 heterocycles. The molecule has 1 aromatic rings. The number of aromatic hydroxyl groups is 1. The van der Waals surface area contributed by atoms with Gasteiger partial charge in [0.1, 0.15) is 6.79 Å². The van der Waals surface area contributed by atoms with Crippen molar-refractivity contribution in [2.45, 2.75) is 6.92 Å². The van der Waals surface area contributed by atoms with Crippen LogP contribution in [0.2, 0.25) is 0 Å². The number of hydrogen-bond donors (Lipinski definition) is 1. The molecular formula is C11H14O3. The third-order valence-electron chi connectivity index (χ3n) is 1.56. The smallest absolute Gasteiger partial charge is 0.161 e. The first-order valence-corrected chi connectivity index (χ1v) is 4.06. The summed E-state index contributed by atoms with van der Waals surface area (Å²) >= 11 is 0. The molecule has 0 unspecified atom stereocenters. The molecule has 1 aromatic carbocycles. The van der Waals surface area contributed by atoms with E-state index in [0.29, 0.717) is 5.75 Å². The lowest BCUT2D eigenvalue weighted by Crippen LogP contribution is -1.83. The lowest BCUT2D eigenvalue weighted by Gasteiger charge is -2.03. The summed E-state index contributed by atoms with van der Waals surface area (Å²) < 4.78 is 4.95. The van der Waals surface area contributed by atoms with Crippen LogP contribution in [-0.4, -0.2) is 19.0 Å². The highest BCUT2D eigenvalue weighted by atomic mass is 16.5. The normalized spacial score (nSPS) is 9.29. The average molecular weight is 194 g/mol. The maximum Gasteiger partial charge on any atom is 0.161 e. The van der Waals surface area contributed by atoms with Crippen LogP contribution in [0.15, 0.2) is 24.3 Å². The average Bonchev–Trinajstić information content (AvgIpc) is 2.24. The maximum absolute atomic E-state index is 9.25. The van der Waals surface area contributed by atoms with Gasteiger partial charge < -0.3 is 14.6 Å². The quantitative estimate of drug-likeness (QED) is 0.785. The van der Waals surface area contributed by atoms with E-state index in [4.69, 9.17) is 9.53 Å². The second-order valence-corrected chi connectivity index (χ2v) is 2.43. The first-order chi connectivity index (χ1) is 6.77. The second kappa shape index (κ2) is 6.71. The van der Waals surface area contributed by atoms with Crippen molar-refractivity contribution < 1.29 is 14.6 Å². The molecule has 0 aliphatic carbocycles. The summed E-state index contributed by atoms with van der Waals surface area (Å²) in [6, 6.07) is 5.24. The Balaban J connectivity index is 0.000000791. The van der Waals surface area contributed by atoms with Crippen molar-refractivity contribution in [3.63, 3.8) is 0 Å². The molecule has 1 N–H and O–H groups in total. The predicted molar refractivity (Wildman–Crippen MR) is 56.5 cm³/mol. The Morgan fingerprint density at radius 1 is 1.43 bits per heavy atom. The van der Waals surface area contributed by atoms with Gasteiger partial charge >= 0.3 is 0 Å². The molecule has 0 atom stereocenters. The number of phenols is 1. The van der Waals surface area contributed by atoms with E-state index < -0.39 is 0 Å². The number of rotatable bonds is 2. The third-order valence-corrected chi connectivity index (χ3v) is 1.56. The van der Waals surface area contributed by atoms with Gasteiger partial charge in [-0.2, -0.15) is 0 Å². The molecular weight excluding hydrogens is 180 g/mol. The minimum Gasteiger partial charge on any atom is -0.504 e. The zero-order chi connectivity index (χ0) is 11.0. The Morgan fingerprint density at radius 2 is 2.07 bits per heavy atom. The molecule has 0 fully saturated rings. The number of phenolic OH excluding ortho intramolecular Hbond substituents is 1. The van der Waals surface area contributed by atoms with Crippen molar-refractivity contribution in [2.75, 3.05) is 7.11 Å². The number of hydrogen-bond acceptors (Lipinski definition) is 3. The summed E-state index contributed by atoms with van der Waals surface area (Å²) in [6.45, 7) is 3.94. The largest absolute Gasteiger partial charge is 0.504 e. The number of ether oxygens (including phenoxy) is 1. The summed E-state index contributed by atoms with van der Waals surface area (Å²) in [5, 5.41) is 9.25. The van der Waals surface area contributed by atoms with Crippen molar-refractivity contribution in [1.82, 2.24) is 0 Å². The Kier molecular flexibility index (Phi) is 5.87. The molecule has 76 valence electrons. The van der Waals surface area contributed by atoms with Gasteiger partial charge in [0, 0.05) is 0 Å². The number of carbonyl (C=O) groups excluding carboxylic acids is 1. The van der Waals surface area contributed by atoms with E-state index in [1.807, 2.05) is 31.9 Å². The fraction of sp³-hybridized carbons (Fsp3) is 0.182. The molecule has 3 heteroatoms. The third kappa shape index (κ3) is 3.31. The zero-order valence-electron chi connectivity index (χ0n) is 8.36. The highest BCUT2D eigenvalue weighted by molar-refractivity contribution is 5.55. The van der Waals surface area contributed by atoms with Crippen molar-refractivity contribution >= 4 is 12.9 Å². The fourth-order valence-corrected chi connectivity index (χ4v) is 0.990. The molecule has 0 saturated carbocycles. The lowest BCUT2D eigenvalue weighted by molar-refractivity contribution is -0.0979. The summed E-state index contributed by atoms with van der Waals surface area (Å²) in [6.07, 6.45) is 3.88. The van der Waals surface area contributed by atoms with E-state index in [2.05, 4.69) is 0 Å². The molecule has 0 bridgehead atoms. The Morgan fingerprint density at radius 3 is 2.57 bits per heavy atom. The zero-order valence-corrected chi connectivity index (χ0v) is 8.36. The Labute approximate surface area is 83.6 Å². The first-order valence-electron chi connectivity index (χ1n) is 4.06. The first kappa shape index (κ1) is 12.2. The van der Waals surface area contributed by atoms with E-state index in [1.165, 1.54) is 7.11 Å². The van der Waals surface area contributed by atoms with Crippen LogP contribution in [0.25, 0.3) is 6.08 Å². The molecule has 0 radical (unpaired) electrons. The Bertz CT molecular complexity index is 305. The Hall–Kier alpha value is -1.77. The van der Waals surface area contributed by atoms with Gasteiger partial charge in [0.15, 0.2) is 11.5 Å². The number of allylic oxidation sites excluding steroid dienone is 1. The van der Waals surface area contributed by atoms with E-state index in [0.717, 1.165) is 5.56 Å². The minimum atomic E-state index is 0.172. The molecule has 3 nitrogen and oxygen atoms in total. The van der Waals surface area contributed by atoms with Crippen LogP contribution in [0.5, 0.6) is 11.5 Å². The monoisotopic (exact) mass is 194 g/mol. The molecule has 14 heavy (non-hydrogen) atoms. The van der Waals surface area contributed by atoms with Crippen LogP contribution in [0.4, 0.5) is 0 Å². The van der Waals surface area contributed by atoms with Gasteiger partial charge in [-0.1, -0.05) is 18.2 Å². The van der Waals surface area contributed by atoms with E-state index in [-0.39, 0.29) is 5.75 Å². The molecule has 0 aliphatic heterocycles. The lowest BCUT2D eigenvalue weighted by atomic mass is 10.2. The molecule has 0 aliphatic rings. The van der Waals surface area contributed by atoms with Gasteiger partial charge in [-0.25, -0.2) is 0 Å². The summed E-state index contributed by atoms with van der Waals surface area (Å²) in [7, 11) is 1.54. The van der Waals surface area contributed by atoms with Crippen molar-refractivity contribution in [3.8, 4) is 11.5 Å². The van der Waals surface area contributed by atoms with E-state index in [1.54, 1.807) is 12.1 Å². The fourth-order valence-electron chi connectivity index (χ4n) is 0.990. The van der Waals surface area contributed by atoms with Gasteiger partial charge in [-0.05, 0) is 24.6 Å². The van der Waals surface area contributed by atoms with Crippen LogP contribution < -0.4 is 4.74 Å². The minimum absolute atomic E-state index is 0.172. The SMILES string of the molecule is C=O.CC=Cc1ccc(O)c(OC)c1. The van der Waals surface area contributed by atoms with Crippen molar-refractivity contribution in [1.29, 1.82) is 0 Å². The molecule has 0 aromatic heterocycles. The molecule has 0 amide bonds. The van der Waals surface area contributed by atoms with Crippen LogP contribution >= 0.6 is 0 Å². The molecule has 0 spiro atoms. The molecule has 1 rings (SSSR count). The van der Waals surface area contributed by atoms with Crippen LogP contribution in [0, 0.1) is 0 Å². The summed E-state index contributed by atoms with van der Waals surface area (Å²) in [5.74, 6) is 0.677. The summed E-state index contributed by atoms with van der Waals surface area (Å²) in [4.78, 5) is 8.00.